The maximum Gasteiger partial charge on any atom is 0.0887 e. The van der Waals surface area contributed by atoms with Crippen molar-refractivity contribution in [2.75, 3.05) is 6.61 Å². The highest BCUT2D eigenvalue weighted by atomic mass is 16.5. The molecule has 4 nitrogen and oxygen atoms in total. The molecule has 84 valence electrons. The average molecular weight is 209 g/mol. The molecule has 1 aromatic heterocycles. The Kier molecular flexibility index (Phi) is 3.07. The van der Waals surface area contributed by atoms with Crippen molar-refractivity contribution in [1.29, 1.82) is 0 Å². The van der Waals surface area contributed by atoms with Crippen LogP contribution in [0.4, 0.5) is 0 Å². The maximum absolute atomic E-state index is 5.70. The minimum absolute atomic E-state index is 0.535. The summed E-state index contributed by atoms with van der Waals surface area (Å²) in [6.45, 7) is 7.36. The van der Waals surface area contributed by atoms with E-state index in [0.29, 0.717) is 19.1 Å². The number of fused-ring (bicyclic) bond motifs is 1. The number of rotatable bonds is 3. The SMILES string of the molecule is CC(C)Cn1nc(CN)c2c1COCC2. The molecule has 0 bridgehead atoms. The second kappa shape index (κ2) is 4.33. The van der Waals surface area contributed by atoms with Gasteiger partial charge in [0.05, 0.1) is 24.6 Å². The molecular formula is C11H19N3O. The molecule has 0 unspecified atom stereocenters. The van der Waals surface area contributed by atoms with Crippen molar-refractivity contribution in [3.63, 3.8) is 0 Å². The van der Waals surface area contributed by atoms with E-state index in [2.05, 4.69) is 23.6 Å². The Morgan fingerprint density at radius 1 is 1.53 bits per heavy atom. The first-order chi connectivity index (χ1) is 7.22. The van der Waals surface area contributed by atoms with Crippen LogP contribution in [0.5, 0.6) is 0 Å². The minimum atomic E-state index is 0.535. The van der Waals surface area contributed by atoms with E-state index in [0.717, 1.165) is 25.3 Å². The van der Waals surface area contributed by atoms with Crippen molar-refractivity contribution in [3.8, 4) is 0 Å². The third-order valence-corrected chi connectivity index (χ3v) is 2.72. The quantitative estimate of drug-likeness (QED) is 0.810. The molecule has 2 N–H and O–H groups in total. The molecule has 0 aromatic carbocycles. The van der Waals surface area contributed by atoms with Crippen LogP contribution in [0.1, 0.15) is 30.8 Å². The fourth-order valence-electron chi connectivity index (χ4n) is 2.04. The first-order valence-corrected chi connectivity index (χ1v) is 5.57. The second-order valence-corrected chi connectivity index (χ2v) is 4.45. The maximum atomic E-state index is 5.70. The van der Waals surface area contributed by atoms with Crippen molar-refractivity contribution < 1.29 is 4.74 Å². The third kappa shape index (κ3) is 2.06. The number of hydrogen-bond donors (Lipinski definition) is 1. The van der Waals surface area contributed by atoms with Crippen LogP contribution >= 0.6 is 0 Å². The summed E-state index contributed by atoms with van der Waals surface area (Å²) in [5.41, 5.74) is 9.31. The average Bonchev–Trinajstić information content (AvgIpc) is 2.56. The van der Waals surface area contributed by atoms with E-state index in [1.807, 2.05) is 0 Å². The van der Waals surface area contributed by atoms with E-state index in [-0.39, 0.29) is 0 Å². The van der Waals surface area contributed by atoms with Crippen LogP contribution in [0.15, 0.2) is 0 Å². The Morgan fingerprint density at radius 3 is 3.00 bits per heavy atom. The highest BCUT2D eigenvalue weighted by Gasteiger charge is 2.20. The van der Waals surface area contributed by atoms with Gasteiger partial charge in [0.25, 0.3) is 0 Å². The molecule has 0 amide bonds. The van der Waals surface area contributed by atoms with Crippen LogP contribution in [0, 0.1) is 5.92 Å². The summed E-state index contributed by atoms with van der Waals surface area (Å²) >= 11 is 0. The first-order valence-electron chi connectivity index (χ1n) is 5.57. The topological polar surface area (TPSA) is 53.1 Å². The molecule has 0 atom stereocenters. The summed E-state index contributed by atoms with van der Waals surface area (Å²) in [5.74, 6) is 0.599. The highest BCUT2D eigenvalue weighted by molar-refractivity contribution is 5.27. The largest absolute Gasteiger partial charge is 0.375 e. The summed E-state index contributed by atoms with van der Waals surface area (Å²) in [7, 11) is 0. The van der Waals surface area contributed by atoms with Crippen molar-refractivity contribution in [2.24, 2.45) is 11.7 Å². The lowest BCUT2D eigenvalue weighted by molar-refractivity contribution is 0.103. The van der Waals surface area contributed by atoms with Crippen LogP contribution in [-0.2, 0) is 30.9 Å². The lowest BCUT2D eigenvalue weighted by Crippen LogP contribution is -2.15. The summed E-state index contributed by atoms with van der Waals surface area (Å²) in [6.07, 6.45) is 0.958. The van der Waals surface area contributed by atoms with Gasteiger partial charge in [-0.25, -0.2) is 0 Å². The number of nitrogens with zero attached hydrogens (tertiary/aromatic N) is 2. The normalized spacial score (nSPS) is 15.7. The van der Waals surface area contributed by atoms with Gasteiger partial charge in [0.15, 0.2) is 0 Å². The van der Waals surface area contributed by atoms with Crippen molar-refractivity contribution in [3.05, 3.63) is 17.0 Å². The molecule has 1 aliphatic rings. The highest BCUT2D eigenvalue weighted by Crippen LogP contribution is 2.21. The second-order valence-electron chi connectivity index (χ2n) is 4.45. The molecule has 15 heavy (non-hydrogen) atoms. The number of hydrogen-bond acceptors (Lipinski definition) is 3. The number of nitrogens with two attached hydrogens (primary N) is 1. The van der Waals surface area contributed by atoms with E-state index >= 15 is 0 Å². The summed E-state index contributed by atoms with van der Waals surface area (Å²) in [4.78, 5) is 0. The van der Waals surface area contributed by atoms with Crippen LogP contribution in [0.3, 0.4) is 0 Å². The first kappa shape index (κ1) is 10.6. The molecule has 0 spiro atoms. The Morgan fingerprint density at radius 2 is 2.33 bits per heavy atom. The van der Waals surface area contributed by atoms with E-state index in [9.17, 15) is 0 Å². The fraction of sp³-hybridized carbons (Fsp3) is 0.727. The van der Waals surface area contributed by atoms with Crippen LogP contribution in [0.2, 0.25) is 0 Å². The molecule has 0 saturated carbocycles. The van der Waals surface area contributed by atoms with Gasteiger partial charge in [0.1, 0.15) is 0 Å². The zero-order valence-corrected chi connectivity index (χ0v) is 9.49. The van der Waals surface area contributed by atoms with Gasteiger partial charge < -0.3 is 10.5 Å². The molecule has 0 radical (unpaired) electrons. The number of ether oxygens (including phenoxy) is 1. The lowest BCUT2D eigenvalue weighted by atomic mass is 10.1. The van der Waals surface area contributed by atoms with Gasteiger partial charge in [0, 0.05) is 18.7 Å². The molecular weight excluding hydrogens is 190 g/mol. The van der Waals surface area contributed by atoms with Crippen molar-refractivity contribution >= 4 is 0 Å². The fourth-order valence-corrected chi connectivity index (χ4v) is 2.04. The van der Waals surface area contributed by atoms with E-state index in [1.165, 1.54) is 11.3 Å². The van der Waals surface area contributed by atoms with Gasteiger partial charge in [0.2, 0.25) is 0 Å². The molecule has 4 heteroatoms. The number of aromatic nitrogens is 2. The van der Waals surface area contributed by atoms with E-state index in [1.54, 1.807) is 0 Å². The van der Waals surface area contributed by atoms with Crippen LogP contribution < -0.4 is 5.73 Å². The monoisotopic (exact) mass is 209 g/mol. The smallest absolute Gasteiger partial charge is 0.0887 e. The van der Waals surface area contributed by atoms with Gasteiger partial charge in [-0.3, -0.25) is 4.68 Å². The predicted molar refractivity (Wildman–Crippen MR) is 58.3 cm³/mol. The molecule has 1 aromatic rings. The van der Waals surface area contributed by atoms with Gasteiger partial charge in [-0.1, -0.05) is 13.8 Å². The zero-order chi connectivity index (χ0) is 10.8. The zero-order valence-electron chi connectivity index (χ0n) is 9.49. The summed E-state index contributed by atoms with van der Waals surface area (Å²) in [5, 5.41) is 4.56. The molecule has 2 heterocycles. The van der Waals surface area contributed by atoms with Gasteiger partial charge >= 0.3 is 0 Å². The minimum Gasteiger partial charge on any atom is -0.375 e. The van der Waals surface area contributed by atoms with Gasteiger partial charge in [-0.2, -0.15) is 5.10 Å². The Balaban J connectivity index is 2.33. The lowest BCUT2D eigenvalue weighted by Gasteiger charge is -2.15. The van der Waals surface area contributed by atoms with Crippen molar-refractivity contribution in [2.45, 2.75) is 40.0 Å². The van der Waals surface area contributed by atoms with Gasteiger partial charge in [-0.05, 0) is 12.3 Å². The third-order valence-electron chi connectivity index (χ3n) is 2.72. The van der Waals surface area contributed by atoms with Crippen LogP contribution in [-0.4, -0.2) is 16.4 Å². The van der Waals surface area contributed by atoms with E-state index < -0.39 is 0 Å². The Labute approximate surface area is 90.4 Å². The van der Waals surface area contributed by atoms with Crippen LogP contribution in [0.25, 0.3) is 0 Å². The Bertz CT molecular complexity index is 344. The summed E-state index contributed by atoms with van der Waals surface area (Å²) in [6, 6.07) is 0. The van der Waals surface area contributed by atoms with E-state index in [4.69, 9.17) is 10.5 Å². The predicted octanol–water partition coefficient (Wildman–Crippen LogP) is 1.07. The summed E-state index contributed by atoms with van der Waals surface area (Å²) < 4.78 is 7.55. The van der Waals surface area contributed by atoms with Crippen molar-refractivity contribution in [1.82, 2.24) is 9.78 Å². The van der Waals surface area contributed by atoms with Gasteiger partial charge in [-0.15, -0.1) is 0 Å². The Hall–Kier alpha value is -0.870. The molecule has 2 rings (SSSR count). The molecule has 0 saturated heterocycles. The molecule has 1 aliphatic heterocycles. The molecule has 0 aliphatic carbocycles. The standard InChI is InChI=1S/C11H19N3O/c1-8(2)6-14-11-7-15-4-3-9(11)10(5-12)13-14/h8H,3-7,12H2,1-2H3. The molecule has 0 fully saturated rings.